The van der Waals surface area contributed by atoms with Crippen LogP contribution in [0.4, 0.5) is 0 Å². The molecule has 2 nitrogen and oxygen atoms in total. The van der Waals surface area contributed by atoms with E-state index in [1.54, 1.807) is 19.3 Å². The lowest BCUT2D eigenvalue weighted by Gasteiger charge is -2.07. The van der Waals surface area contributed by atoms with Gasteiger partial charge in [-0.2, -0.15) is 0 Å². The van der Waals surface area contributed by atoms with Crippen LogP contribution in [0.3, 0.4) is 0 Å². The van der Waals surface area contributed by atoms with Crippen molar-refractivity contribution in [3.05, 3.63) is 53.9 Å². The summed E-state index contributed by atoms with van der Waals surface area (Å²) in [6.07, 6.45) is 3.39. The predicted octanol–water partition coefficient (Wildman–Crippen LogP) is 4.07. The Kier molecular flexibility index (Phi) is 3.56. The Labute approximate surface area is 108 Å². The number of nitrogens with zero attached hydrogens (tertiary/aromatic N) is 1. The number of Topliss-reactive ketones (excluding diaryl/α,β-unsaturated/α-hetero) is 1. The summed E-state index contributed by atoms with van der Waals surface area (Å²) < 4.78 is 0. The Balaban J connectivity index is 2.36. The highest BCUT2D eigenvalue weighted by molar-refractivity contribution is 5.94. The average molecular weight is 239 g/mol. The second-order valence-electron chi connectivity index (χ2n) is 4.80. The molecule has 2 aromatic rings. The monoisotopic (exact) mass is 239 g/mol. The number of carbonyl (C=O) groups excluding carboxylic acids is 1. The molecule has 0 radical (unpaired) electrons. The minimum Gasteiger partial charge on any atom is -0.294 e. The summed E-state index contributed by atoms with van der Waals surface area (Å²) in [7, 11) is 0. The molecule has 0 aliphatic rings. The van der Waals surface area contributed by atoms with Crippen LogP contribution in [0.15, 0.2) is 42.7 Å². The summed E-state index contributed by atoms with van der Waals surface area (Å²) in [5, 5.41) is 0. The molecule has 1 heterocycles. The highest BCUT2D eigenvalue weighted by atomic mass is 16.1. The topological polar surface area (TPSA) is 30.0 Å². The van der Waals surface area contributed by atoms with Crippen LogP contribution in [-0.2, 0) is 0 Å². The minimum absolute atomic E-state index is 0.0446. The number of pyridine rings is 1. The summed E-state index contributed by atoms with van der Waals surface area (Å²) in [5.41, 5.74) is 4.04. The second-order valence-corrected chi connectivity index (χ2v) is 4.80. The summed E-state index contributed by atoms with van der Waals surface area (Å²) in [6.45, 7) is 5.91. The fourth-order valence-corrected chi connectivity index (χ4v) is 1.85. The smallest absolute Gasteiger partial charge is 0.161 e. The van der Waals surface area contributed by atoms with Crippen LogP contribution in [0.2, 0.25) is 0 Å². The molecule has 0 fully saturated rings. The summed E-state index contributed by atoms with van der Waals surface area (Å²) >= 11 is 0. The number of hydrogen-bond donors (Lipinski definition) is 0. The zero-order chi connectivity index (χ0) is 13.1. The van der Waals surface area contributed by atoms with Gasteiger partial charge in [0.1, 0.15) is 0 Å². The molecule has 0 bridgehead atoms. The maximum atomic E-state index is 11.3. The van der Waals surface area contributed by atoms with E-state index in [9.17, 15) is 4.79 Å². The van der Waals surface area contributed by atoms with Crippen molar-refractivity contribution in [2.24, 2.45) is 0 Å². The van der Waals surface area contributed by atoms with E-state index >= 15 is 0 Å². The molecule has 1 aromatic carbocycles. The zero-order valence-electron chi connectivity index (χ0n) is 11.0. The van der Waals surface area contributed by atoms with Gasteiger partial charge in [0.15, 0.2) is 5.78 Å². The Hall–Kier alpha value is -1.96. The molecule has 2 rings (SSSR count). The van der Waals surface area contributed by atoms with E-state index in [-0.39, 0.29) is 5.78 Å². The van der Waals surface area contributed by atoms with E-state index in [0.717, 1.165) is 11.1 Å². The van der Waals surface area contributed by atoms with Crippen molar-refractivity contribution in [2.45, 2.75) is 26.7 Å². The minimum atomic E-state index is 0.0446. The molecule has 0 atom stereocenters. The SMILES string of the molecule is CC(=O)c1cncc(-c2ccc(C(C)C)cc2)c1. The number of carbonyl (C=O) groups is 1. The first-order valence-corrected chi connectivity index (χ1v) is 6.14. The standard InChI is InChI=1S/C16H17NO/c1-11(2)13-4-6-14(7-5-13)16-8-15(12(3)18)9-17-10-16/h4-11H,1-3H3. The van der Waals surface area contributed by atoms with Crippen LogP contribution in [0.5, 0.6) is 0 Å². The van der Waals surface area contributed by atoms with Gasteiger partial charge in [-0.15, -0.1) is 0 Å². The van der Waals surface area contributed by atoms with Crippen LogP contribution in [-0.4, -0.2) is 10.8 Å². The van der Waals surface area contributed by atoms with E-state index in [2.05, 4.69) is 43.1 Å². The van der Waals surface area contributed by atoms with E-state index < -0.39 is 0 Å². The van der Waals surface area contributed by atoms with Crippen molar-refractivity contribution >= 4 is 5.78 Å². The normalized spacial score (nSPS) is 10.7. The highest BCUT2D eigenvalue weighted by Gasteiger charge is 2.04. The first kappa shape index (κ1) is 12.5. The van der Waals surface area contributed by atoms with Gasteiger partial charge in [0.05, 0.1) is 0 Å². The molecule has 0 unspecified atom stereocenters. The maximum absolute atomic E-state index is 11.3. The third kappa shape index (κ3) is 2.65. The number of benzene rings is 1. The van der Waals surface area contributed by atoms with E-state index in [4.69, 9.17) is 0 Å². The van der Waals surface area contributed by atoms with Crippen molar-refractivity contribution in [3.63, 3.8) is 0 Å². The van der Waals surface area contributed by atoms with Gasteiger partial charge in [-0.05, 0) is 30.0 Å². The first-order valence-electron chi connectivity index (χ1n) is 6.14. The average Bonchev–Trinajstić information content (AvgIpc) is 2.39. The molecule has 0 aliphatic heterocycles. The molecule has 0 saturated heterocycles. The largest absolute Gasteiger partial charge is 0.294 e. The van der Waals surface area contributed by atoms with Gasteiger partial charge in [0.25, 0.3) is 0 Å². The Morgan fingerprint density at radius 1 is 1.06 bits per heavy atom. The summed E-state index contributed by atoms with van der Waals surface area (Å²) in [4.78, 5) is 15.5. The van der Waals surface area contributed by atoms with Crippen LogP contribution in [0.1, 0.15) is 42.6 Å². The molecule has 1 aromatic heterocycles. The maximum Gasteiger partial charge on any atom is 0.161 e. The van der Waals surface area contributed by atoms with Gasteiger partial charge < -0.3 is 0 Å². The molecule has 0 saturated carbocycles. The molecule has 92 valence electrons. The van der Waals surface area contributed by atoms with Gasteiger partial charge in [0.2, 0.25) is 0 Å². The Morgan fingerprint density at radius 2 is 1.72 bits per heavy atom. The van der Waals surface area contributed by atoms with Gasteiger partial charge in [-0.25, -0.2) is 0 Å². The van der Waals surface area contributed by atoms with Crippen molar-refractivity contribution < 1.29 is 4.79 Å². The fraction of sp³-hybridized carbons (Fsp3) is 0.250. The number of hydrogen-bond acceptors (Lipinski definition) is 2. The van der Waals surface area contributed by atoms with Crippen molar-refractivity contribution in [1.82, 2.24) is 4.98 Å². The van der Waals surface area contributed by atoms with E-state index in [1.165, 1.54) is 5.56 Å². The number of aromatic nitrogens is 1. The van der Waals surface area contributed by atoms with Gasteiger partial charge in [-0.3, -0.25) is 9.78 Å². The first-order chi connectivity index (χ1) is 8.58. The van der Waals surface area contributed by atoms with Crippen molar-refractivity contribution in [3.8, 4) is 11.1 Å². The van der Waals surface area contributed by atoms with Gasteiger partial charge in [0, 0.05) is 23.5 Å². The van der Waals surface area contributed by atoms with E-state index in [1.807, 2.05) is 6.07 Å². The van der Waals surface area contributed by atoms with Crippen molar-refractivity contribution in [2.75, 3.05) is 0 Å². The lowest BCUT2D eigenvalue weighted by Crippen LogP contribution is -1.94. The Bertz CT molecular complexity index is 556. The molecular weight excluding hydrogens is 222 g/mol. The molecule has 0 spiro atoms. The molecule has 2 heteroatoms. The molecule has 0 aliphatic carbocycles. The lowest BCUT2D eigenvalue weighted by atomic mass is 9.99. The molecule has 0 N–H and O–H groups in total. The van der Waals surface area contributed by atoms with Crippen LogP contribution >= 0.6 is 0 Å². The van der Waals surface area contributed by atoms with Crippen LogP contribution < -0.4 is 0 Å². The summed E-state index contributed by atoms with van der Waals surface area (Å²) in [6, 6.07) is 10.3. The van der Waals surface area contributed by atoms with Gasteiger partial charge in [-0.1, -0.05) is 38.1 Å². The van der Waals surface area contributed by atoms with Crippen LogP contribution in [0, 0.1) is 0 Å². The molecular formula is C16H17NO. The third-order valence-corrected chi connectivity index (χ3v) is 3.06. The molecule has 0 amide bonds. The molecule has 18 heavy (non-hydrogen) atoms. The fourth-order valence-electron chi connectivity index (χ4n) is 1.85. The third-order valence-electron chi connectivity index (χ3n) is 3.06. The summed E-state index contributed by atoms with van der Waals surface area (Å²) in [5.74, 6) is 0.573. The quantitative estimate of drug-likeness (QED) is 0.755. The van der Waals surface area contributed by atoms with Gasteiger partial charge >= 0.3 is 0 Å². The Morgan fingerprint density at radius 3 is 2.28 bits per heavy atom. The predicted molar refractivity (Wildman–Crippen MR) is 73.8 cm³/mol. The zero-order valence-corrected chi connectivity index (χ0v) is 11.0. The highest BCUT2D eigenvalue weighted by Crippen LogP contribution is 2.22. The van der Waals surface area contributed by atoms with Crippen molar-refractivity contribution in [1.29, 1.82) is 0 Å². The van der Waals surface area contributed by atoms with Crippen LogP contribution in [0.25, 0.3) is 11.1 Å². The lowest BCUT2D eigenvalue weighted by molar-refractivity contribution is 0.101. The number of rotatable bonds is 3. The number of ketones is 1. The van der Waals surface area contributed by atoms with E-state index in [0.29, 0.717) is 11.5 Å². The second kappa shape index (κ2) is 5.13.